The van der Waals surface area contributed by atoms with E-state index in [0.717, 1.165) is 17.0 Å². The third-order valence-electron chi connectivity index (χ3n) is 3.18. The van der Waals surface area contributed by atoms with Crippen molar-refractivity contribution < 1.29 is 5.11 Å². The van der Waals surface area contributed by atoms with Gasteiger partial charge in [-0.15, -0.1) is 0 Å². The van der Waals surface area contributed by atoms with Crippen LogP contribution in [0.1, 0.15) is 18.1 Å². The highest BCUT2D eigenvalue weighted by Gasteiger charge is 2.08. The highest BCUT2D eigenvalue weighted by Crippen LogP contribution is 2.25. The fourth-order valence-electron chi connectivity index (χ4n) is 2.04. The van der Waals surface area contributed by atoms with Crippen LogP contribution < -0.4 is 5.32 Å². The molecule has 0 radical (unpaired) electrons. The Morgan fingerprint density at radius 1 is 1.10 bits per heavy atom. The van der Waals surface area contributed by atoms with E-state index in [-0.39, 0.29) is 11.8 Å². The molecule has 0 saturated carbocycles. The van der Waals surface area contributed by atoms with Crippen LogP contribution in [0.5, 0.6) is 5.75 Å². The molecule has 0 aromatic heterocycles. The van der Waals surface area contributed by atoms with Crippen molar-refractivity contribution >= 4 is 23.2 Å². The van der Waals surface area contributed by atoms with Crippen molar-refractivity contribution in [2.45, 2.75) is 25.9 Å². The molecule has 0 saturated heterocycles. The van der Waals surface area contributed by atoms with E-state index >= 15 is 0 Å². The van der Waals surface area contributed by atoms with E-state index in [9.17, 15) is 5.11 Å². The summed E-state index contributed by atoms with van der Waals surface area (Å²) < 4.78 is 0. The second kappa shape index (κ2) is 6.98. The minimum Gasteiger partial charge on any atom is -0.508 e. The molecular weight excluding hydrogens is 293 g/mol. The predicted molar refractivity (Wildman–Crippen MR) is 84.6 cm³/mol. The molecule has 2 N–H and O–H groups in total. The molecule has 0 heterocycles. The maximum absolute atomic E-state index is 9.79. The lowest BCUT2D eigenvalue weighted by atomic mass is 10.1. The van der Waals surface area contributed by atoms with Gasteiger partial charge in [0.25, 0.3) is 0 Å². The van der Waals surface area contributed by atoms with E-state index < -0.39 is 0 Å². The highest BCUT2D eigenvalue weighted by atomic mass is 35.5. The number of phenolic OH excluding ortho intramolecular Hbond substituents is 1. The molecule has 1 atom stereocenters. The number of halogens is 2. The highest BCUT2D eigenvalue weighted by molar-refractivity contribution is 6.31. The smallest absolute Gasteiger partial charge is 0.121 e. The Labute approximate surface area is 129 Å². The molecule has 0 bridgehead atoms. The lowest BCUT2D eigenvalue weighted by Crippen LogP contribution is -2.27. The summed E-state index contributed by atoms with van der Waals surface area (Å²) in [6.45, 7) is 2.64. The quantitative estimate of drug-likeness (QED) is 0.857. The van der Waals surface area contributed by atoms with Crippen LogP contribution in [0.15, 0.2) is 42.5 Å². The molecule has 0 spiro atoms. The molecule has 1 unspecified atom stereocenters. The van der Waals surface area contributed by atoms with Crippen molar-refractivity contribution in [1.29, 1.82) is 0 Å². The van der Waals surface area contributed by atoms with Gasteiger partial charge >= 0.3 is 0 Å². The first-order chi connectivity index (χ1) is 9.56. The van der Waals surface area contributed by atoms with Crippen molar-refractivity contribution in [3.63, 3.8) is 0 Å². The molecule has 2 aromatic carbocycles. The second-order valence-electron chi connectivity index (χ2n) is 4.85. The first-order valence-corrected chi connectivity index (χ1v) is 7.26. The topological polar surface area (TPSA) is 32.3 Å². The van der Waals surface area contributed by atoms with E-state index in [0.29, 0.717) is 11.6 Å². The third-order valence-corrected chi connectivity index (χ3v) is 3.78. The molecule has 0 aliphatic carbocycles. The Bertz CT molecular complexity index is 549. The van der Waals surface area contributed by atoms with E-state index in [1.54, 1.807) is 18.2 Å². The minimum absolute atomic E-state index is 0.226. The van der Waals surface area contributed by atoms with Crippen molar-refractivity contribution in [2.24, 2.45) is 0 Å². The molecule has 106 valence electrons. The predicted octanol–water partition coefficient (Wildman–Crippen LogP) is 4.42. The van der Waals surface area contributed by atoms with Gasteiger partial charge < -0.3 is 10.4 Å². The van der Waals surface area contributed by atoms with Crippen molar-refractivity contribution in [1.82, 2.24) is 5.32 Å². The monoisotopic (exact) mass is 309 g/mol. The van der Waals surface area contributed by atoms with E-state index in [1.807, 2.05) is 24.3 Å². The van der Waals surface area contributed by atoms with E-state index in [2.05, 4.69) is 12.2 Å². The van der Waals surface area contributed by atoms with Gasteiger partial charge in [0.15, 0.2) is 0 Å². The lowest BCUT2D eigenvalue weighted by Gasteiger charge is -2.15. The Kier molecular flexibility index (Phi) is 5.30. The maximum atomic E-state index is 9.79. The van der Waals surface area contributed by atoms with Crippen LogP contribution in [0.4, 0.5) is 0 Å². The second-order valence-corrected chi connectivity index (χ2v) is 5.69. The number of nitrogens with one attached hydrogen (secondary N) is 1. The summed E-state index contributed by atoms with van der Waals surface area (Å²) in [5.74, 6) is 0.226. The summed E-state index contributed by atoms with van der Waals surface area (Å²) in [5.41, 5.74) is 1.95. The lowest BCUT2D eigenvalue weighted by molar-refractivity contribution is 0.458. The fourth-order valence-corrected chi connectivity index (χ4v) is 2.41. The molecule has 4 heteroatoms. The Balaban J connectivity index is 1.92. The largest absolute Gasteiger partial charge is 0.508 e. The molecule has 20 heavy (non-hydrogen) atoms. The number of phenols is 1. The van der Waals surface area contributed by atoms with Gasteiger partial charge in [0.2, 0.25) is 0 Å². The average molecular weight is 310 g/mol. The van der Waals surface area contributed by atoms with Crippen LogP contribution in [-0.4, -0.2) is 11.1 Å². The summed E-state index contributed by atoms with van der Waals surface area (Å²) in [6, 6.07) is 13.3. The summed E-state index contributed by atoms with van der Waals surface area (Å²) >= 11 is 11.9. The van der Waals surface area contributed by atoms with Crippen LogP contribution in [0.2, 0.25) is 10.0 Å². The number of aromatic hydroxyl groups is 1. The van der Waals surface area contributed by atoms with Crippen LogP contribution >= 0.6 is 23.2 Å². The minimum atomic E-state index is 0.226. The zero-order chi connectivity index (χ0) is 14.5. The average Bonchev–Trinajstić information content (AvgIpc) is 2.41. The number of hydrogen-bond acceptors (Lipinski definition) is 2. The normalized spacial score (nSPS) is 12.3. The Morgan fingerprint density at radius 3 is 2.45 bits per heavy atom. The molecule has 2 nitrogen and oxygen atoms in total. The van der Waals surface area contributed by atoms with Crippen molar-refractivity contribution in [2.75, 3.05) is 0 Å². The number of benzene rings is 2. The van der Waals surface area contributed by atoms with Gasteiger partial charge in [0, 0.05) is 28.2 Å². The van der Waals surface area contributed by atoms with Gasteiger partial charge in [-0.25, -0.2) is 0 Å². The fraction of sp³-hybridized carbons (Fsp3) is 0.250. The van der Waals surface area contributed by atoms with Crippen molar-refractivity contribution in [3.8, 4) is 5.75 Å². The third kappa shape index (κ3) is 4.14. The van der Waals surface area contributed by atoms with Crippen LogP contribution in [-0.2, 0) is 13.0 Å². The summed E-state index contributed by atoms with van der Waals surface area (Å²) in [6.07, 6.45) is 0.891. The summed E-state index contributed by atoms with van der Waals surface area (Å²) in [7, 11) is 0. The van der Waals surface area contributed by atoms with Crippen molar-refractivity contribution in [3.05, 3.63) is 63.6 Å². The van der Waals surface area contributed by atoms with Crippen LogP contribution in [0.25, 0.3) is 0 Å². The maximum Gasteiger partial charge on any atom is 0.121 e. The molecular formula is C16H17Cl2NO. The summed E-state index contributed by atoms with van der Waals surface area (Å²) in [5, 5.41) is 14.5. The molecule has 0 fully saturated rings. The standard InChI is InChI=1S/C16H17Cl2NO/c1-11(9-12-5-7-13(17)8-6-12)19-10-14-15(18)3-2-4-16(14)20/h2-8,11,19-20H,9-10H2,1H3. The van der Waals surface area contributed by atoms with Crippen LogP contribution in [0.3, 0.4) is 0 Å². The molecule has 2 rings (SSSR count). The van der Waals surface area contributed by atoms with E-state index in [1.165, 1.54) is 5.56 Å². The zero-order valence-corrected chi connectivity index (χ0v) is 12.7. The number of rotatable bonds is 5. The molecule has 0 amide bonds. The van der Waals surface area contributed by atoms with Gasteiger partial charge in [-0.2, -0.15) is 0 Å². The first kappa shape index (κ1) is 15.2. The van der Waals surface area contributed by atoms with Gasteiger partial charge in [0.05, 0.1) is 0 Å². The van der Waals surface area contributed by atoms with Gasteiger partial charge in [-0.05, 0) is 43.2 Å². The number of hydrogen-bond donors (Lipinski definition) is 2. The van der Waals surface area contributed by atoms with E-state index in [4.69, 9.17) is 23.2 Å². The summed E-state index contributed by atoms with van der Waals surface area (Å²) in [4.78, 5) is 0. The SMILES string of the molecule is CC(Cc1ccc(Cl)cc1)NCc1c(O)cccc1Cl. The van der Waals surface area contributed by atoms with Gasteiger partial charge in [-0.1, -0.05) is 41.4 Å². The Morgan fingerprint density at radius 2 is 1.80 bits per heavy atom. The van der Waals surface area contributed by atoms with Crippen LogP contribution in [0, 0.1) is 0 Å². The van der Waals surface area contributed by atoms with Gasteiger partial charge in [0.1, 0.15) is 5.75 Å². The first-order valence-electron chi connectivity index (χ1n) is 6.50. The molecule has 0 aliphatic rings. The Hall–Kier alpha value is -1.22. The molecule has 2 aromatic rings. The zero-order valence-electron chi connectivity index (χ0n) is 11.2. The van der Waals surface area contributed by atoms with Gasteiger partial charge in [-0.3, -0.25) is 0 Å². The molecule has 0 aliphatic heterocycles.